The van der Waals surface area contributed by atoms with Crippen LogP contribution in [0.4, 0.5) is 0 Å². The molecule has 1 aliphatic heterocycles. The molecular weight excluding hydrogens is 336 g/mol. The van der Waals surface area contributed by atoms with Crippen LogP contribution in [0.3, 0.4) is 0 Å². The van der Waals surface area contributed by atoms with Gasteiger partial charge in [-0.3, -0.25) is 14.4 Å². The first-order valence-corrected chi connectivity index (χ1v) is 9.11. The van der Waals surface area contributed by atoms with Crippen LogP contribution in [0, 0.1) is 28.6 Å². The van der Waals surface area contributed by atoms with E-state index in [1.165, 1.54) is 13.2 Å². The summed E-state index contributed by atoms with van der Waals surface area (Å²) in [6.45, 7) is 5.66. The standard InChI is InChI=1S/C20H22O6/c1-10-8-18-9-19(10,24)6-4-11(18)20-7-5-12(21)17(2,16(23)26-20)14(20)13(18)15(22)25-3/h5,7,11,13-14,24H,1,4,6,8-9H2,2-3H3/t11-,13-,14-,17?,18+,19+,20-/m1/s1. The molecule has 1 saturated heterocycles. The lowest BCUT2D eigenvalue weighted by Gasteiger charge is -2.44. The van der Waals surface area contributed by atoms with E-state index in [1.807, 2.05) is 0 Å². The third kappa shape index (κ3) is 1.38. The van der Waals surface area contributed by atoms with E-state index in [-0.39, 0.29) is 11.7 Å². The molecule has 7 atom stereocenters. The zero-order chi connectivity index (χ0) is 18.7. The molecule has 0 radical (unpaired) electrons. The van der Waals surface area contributed by atoms with Gasteiger partial charge in [-0.2, -0.15) is 0 Å². The molecule has 1 spiro atoms. The molecule has 26 heavy (non-hydrogen) atoms. The van der Waals surface area contributed by atoms with Crippen molar-refractivity contribution in [3.8, 4) is 0 Å². The van der Waals surface area contributed by atoms with Crippen LogP contribution in [0.5, 0.6) is 0 Å². The summed E-state index contributed by atoms with van der Waals surface area (Å²) in [5.41, 5.74) is -3.23. The van der Waals surface area contributed by atoms with Gasteiger partial charge in [0, 0.05) is 11.8 Å². The summed E-state index contributed by atoms with van der Waals surface area (Å²) >= 11 is 0. The molecule has 138 valence electrons. The van der Waals surface area contributed by atoms with Crippen LogP contribution in [-0.2, 0) is 23.9 Å². The highest BCUT2D eigenvalue weighted by Gasteiger charge is 2.83. The van der Waals surface area contributed by atoms with Crippen molar-refractivity contribution < 1.29 is 29.0 Å². The SMILES string of the molecule is C=C1C[C@]23C[C@@]1(O)CC[C@H]2[C@@]12C=CC(=O)C(C)(C(=O)O1)[C@H]2[C@@H]3C(=O)OC. The highest BCUT2D eigenvalue weighted by atomic mass is 16.6. The van der Waals surface area contributed by atoms with Crippen LogP contribution in [0.15, 0.2) is 24.3 Å². The number of ether oxygens (including phenoxy) is 2. The summed E-state index contributed by atoms with van der Waals surface area (Å²) in [5, 5.41) is 11.0. The molecule has 6 heteroatoms. The van der Waals surface area contributed by atoms with E-state index in [0.717, 1.165) is 5.57 Å². The lowest BCUT2D eigenvalue weighted by Crippen LogP contribution is -2.49. The number of fused-ring (bicyclic) bond motifs is 1. The van der Waals surface area contributed by atoms with Crippen molar-refractivity contribution in [3.63, 3.8) is 0 Å². The van der Waals surface area contributed by atoms with Gasteiger partial charge >= 0.3 is 11.9 Å². The Morgan fingerprint density at radius 3 is 2.85 bits per heavy atom. The average molecular weight is 358 g/mol. The van der Waals surface area contributed by atoms with Gasteiger partial charge in [-0.1, -0.05) is 6.58 Å². The molecule has 0 aromatic heterocycles. The molecule has 6 nitrogen and oxygen atoms in total. The predicted molar refractivity (Wildman–Crippen MR) is 88.6 cm³/mol. The van der Waals surface area contributed by atoms with Gasteiger partial charge in [0.15, 0.2) is 5.78 Å². The Labute approximate surface area is 151 Å². The smallest absolute Gasteiger partial charge is 0.321 e. The number of allylic oxidation sites excluding steroid dienone is 1. The lowest BCUT2D eigenvalue weighted by atomic mass is 9.61. The number of carbonyl (C=O) groups is 3. The van der Waals surface area contributed by atoms with Crippen molar-refractivity contribution in [2.24, 2.45) is 28.6 Å². The van der Waals surface area contributed by atoms with E-state index in [2.05, 4.69) is 6.58 Å². The molecule has 0 aromatic rings. The van der Waals surface area contributed by atoms with Crippen molar-refractivity contribution in [1.29, 1.82) is 0 Å². The fourth-order valence-electron chi connectivity index (χ4n) is 7.09. The van der Waals surface area contributed by atoms with E-state index >= 15 is 0 Å². The third-order valence-electron chi connectivity index (χ3n) is 8.12. The number of rotatable bonds is 1. The van der Waals surface area contributed by atoms with E-state index < -0.39 is 45.8 Å². The first-order chi connectivity index (χ1) is 12.2. The molecule has 4 aliphatic carbocycles. The molecule has 3 saturated carbocycles. The largest absolute Gasteiger partial charge is 0.469 e. The van der Waals surface area contributed by atoms with Gasteiger partial charge in [0.25, 0.3) is 0 Å². The molecule has 1 N–H and O–H groups in total. The summed E-state index contributed by atoms with van der Waals surface area (Å²) in [5.74, 6) is -2.75. The molecular formula is C20H22O6. The minimum Gasteiger partial charge on any atom is -0.469 e. The van der Waals surface area contributed by atoms with Gasteiger partial charge in [0.2, 0.25) is 0 Å². The molecule has 4 fully saturated rings. The molecule has 5 rings (SSSR count). The fourth-order valence-corrected chi connectivity index (χ4v) is 7.09. The second-order valence-corrected chi connectivity index (χ2v) is 8.93. The van der Waals surface area contributed by atoms with Crippen LogP contribution in [0.25, 0.3) is 0 Å². The molecule has 5 aliphatic rings. The van der Waals surface area contributed by atoms with Crippen molar-refractivity contribution >= 4 is 17.7 Å². The van der Waals surface area contributed by atoms with Crippen LogP contribution in [0.1, 0.15) is 32.6 Å². The number of esters is 2. The van der Waals surface area contributed by atoms with E-state index in [1.54, 1.807) is 13.0 Å². The monoisotopic (exact) mass is 358 g/mol. The summed E-state index contributed by atoms with van der Waals surface area (Å²) in [7, 11) is 1.32. The van der Waals surface area contributed by atoms with Gasteiger partial charge < -0.3 is 14.6 Å². The zero-order valence-corrected chi connectivity index (χ0v) is 14.9. The van der Waals surface area contributed by atoms with E-state index in [9.17, 15) is 19.5 Å². The lowest BCUT2D eigenvalue weighted by molar-refractivity contribution is -0.162. The average Bonchev–Trinajstić information content (AvgIpc) is 3.02. The Morgan fingerprint density at radius 1 is 1.42 bits per heavy atom. The van der Waals surface area contributed by atoms with Crippen molar-refractivity contribution in [2.75, 3.05) is 7.11 Å². The zero-order valence-electron chi connectivity index (χ0n) is 14.9. The van der Waals surface area contributed by atoms with Gasteiger partial charge in [0.05, 0.1) is 18.6 Å². The van der Waals surface area contributed by atoms with Crippen LogP contribution >= 0.6 is 0 Å². The minimum atomic E-state index is -1.39. The quantitative estimate of drug-likeness (QED) is 0.432. The van der Waals surface area contributed by atoms with Crippen molar-refractivity contribution in [1.82, 2.24) is 0 Å². The number of carbonyl (C=O) groups excluding carboxylic acids is 3. The second-order valence-electron chi connectivity index (χ2n) is 8.93. The Kier molecular flexibility index (Phi) is 2.69. The van der Waals surface area contributed by atoms with E-state index in [0.29, 0.717) is 25.7 Å². The molecule has 0 aromatic carbocycles. The number of aliphatic hydroxyl groups is 1. The normalized spacial score (nSPS) is 53.3. The highest BCUT2D eigenvalue weighted by Crippen LogP contribution is 2.77. The first kappa shape index (κ1) is 16.2. The number of hydrogen-bond donors (Lipinski definition) is 1. The highest BCUT2D eigenvalue weighted by molar-refractivity contribution is 6.13. The molecule has 1 heterocycles. The molecule has 4 bridgehead atoms. The second kappa shape index (κ2) is 4.30. The van der Waals surface area contributed by atoms with Crippen LogP contribution < -0.4 is 0 Å². The maximum absolute atomic E-state index is 13.0. The topological polar surface area (TPSA) is 89.9 Å². The maximum atomic E-state index is 13.0. The van der Waals surface area contributed by atoms with E-state index in [4.69, 9.17) is 9.47 Å². The fraction of sp³-hybridized carbons (Fsp3) is 0.650. The first-order valence-electron chi connectivity index (χ1n) is 9.11. The summed E-state index contributed by atoms with van der Waals surface area (Å²) in [4.78, 5) is 38.4. The van der Waals surface area contributed by atoms with Crippen molar-refractivity contribution in [2.45, 2.75) is 43.8 Å². The Balaban J connectivity index is 1.79. The van der Waals surface area contributed by atoms with Gasteiger partial charge in [-0.05, 0) is 55.7 Å². The van der Waals surface area contributed by atoms with Gasteiger partial charge in [0.1, 0.15) is 11.0 Å². The third-order valence-corrected chi connectivity index (χ3v) is 8.12. The maximum Gasteiger partial charge on any atom is 0.321 e. The Morgan fingerprint density at radius 2 is 2.15 bits per heavy atom. The summed E-state index contributed by atoms with van der Waals surface area (Å²) < 4.78 is 11.0. The Bertz CT molecular complexity index is 828. The number of hydrogen-bond acceptors (Lipinski definition) is 6. The number of ketones is 1. The summed E-state index contributed by atoms with van der Waals surface area (Å²) in [6, 6.07) is 0. The predicted octanol–water partition coefficient (Wildman–Crippen LogP) is 1.32. The van der Waals surface area contributed by atoms with Gasteiger partial charge in [-0.25, -0.2) is 0 Å². The van der Waals surface area contributed by atoms with Crippen LogP contribution in [-0.4, -0.2) is 41.1 Å². The Hall–Kier alpha value is -1.95. The molecule has 1 unspecified atom stereocenters. The molecule has 0 amide bonds. The number of methoxy groups -OCH3 is 1. The van der Waals surface area contributed by atoms with Crippen molar-refractivity contribution in [3.05, 3.63) is 24.3 Å². The van der Waals surface area contributed by atoms with Crippen LogP contribution in [0.2, 0.25) is 0 Å². The summed E-state index contributed by atoms with van der Waals surface area (Å²) in [6.07, 6.45) is 5.17. The minimum absolute atomic E-state index is 0.140. The van der Waals surface area contributed by atoms with Gasteiger partial charge in [-0.15, -0.1) is 0 Å².